The van der Waals surface area contributed by atoms with Crippen molar-refractivity contribution in [2.24, 2.45) is 0 Å². The predicted molar refractivity (Wildman–Crippen MR) is 70.2 cm³/mol. The van der Waals surface area contributed by atoms with Crippen LogP contribution < -0.4 is 5.32 Å². The first-order valence-electron chi connectivity index (χ1n) is 5.89. The van der Waals surface area contributed by atoms with E-state index in [1.165, 1.54) is 24.3 Å². The Kier molecular flexibility index (Phi) is 4.20. The van der Waals surface area contributed by atoms with E-state index in [4.69, 9.17) is 0 Å². The Morgan fingerprint density at radius 1 is 1.10 bits per heavy atom. The van der Waals surface area contributed by atoms with Crippen molar-refractivity contribution in [1.29, 1.82) is 0 Å². The van der Waals surface area contributed by atoms with Crippen molar-refractivity contribution in [2.45, 2.75) is 0 Å². The van der Waals surface area contributed by atoms with E-state index in [2.05, 4.69) is 5.32 Å². The lowest BCUT2D eigenvalue weighted by atomic mass is 10.0. The Labute approximate surface area is 114 Å². The van der Waals surface area contributed by atoms with Gasteiger partial charge in [-0.2, -0.15) is 0 Å². The van der Waals surface area contributed by atoms with Gasteiger partial charge in [0.05, 0.1) is 6.54 Å². The van der Waals surface area contributed by atoms with Crippen molar-refractivity contribution in [3.8, 4) is 11.1 Å². The highest BCUT2D eigenvalue weighted by Gasteiger charge is 2.08. The van der Waals surface area contributed by atoms with Gasteiger partial charge in [-0.3, -0.25) is 4.79 Å². The predicted octanol–water partition coefficient (Wildman–Crippen LogP) is 2.56. The lowest BCUT2D eigenvalue weighted by Crippen LogP contribution is -2.24. The Balaban J connectivity index is 2.23. The number of nitrogens with one attached hydrogen (secondary N) is 1. The molecule has 0 aromatic heterocycles. The first-order chi connectivity index (χ1) is 9.61. The zero-order valence-electron chi connectivity index (χ0n) is 10.4. The average molecular weight is 275 g/mol. The van der Waals surface area contributed by atoms with Crippen LogP contribution in [0.25, 0.3) is 11.1 Å². The normalized spacial score (nSPS) is 10.1. The number of aldehydes is 1. The van der Waals surface area contributed by atoms with E-state index in [1.54, 1.807) is 12.1 Å². The van der Waals surface area contributed by atoms with Crippen LogP contribution in [0, 0.1) is 11.6 Å². The molecule has 0 heterocycles. The fourth-order valence-corrected chi connectivity index (χ4v) is 1.76. The first-order valence-corrected chi connectivity index (χ1v) is 5.89. The number of rotatable bonds is 4. The molecule has 0 aliphatic rings. The van der Waals surface area contributed by atoms with E-state index in [9.17, 15) is 18.4 Å². The summed E-state index contributed by atoms with van der Waals surface area (Å²) in [5.41, 5.74) is 1.15. The molecule has 0 aliphatic carbocycles. The van der Waals surface area contributed by atoms with Gasteiger partial charge in [0.15, 0.2) is 0 Å². The van der Waals surface area contributed by atoms with Crippen molar-refractivity contribution in [3.63, 3.8) is 0 Å². The molecule has 2 rings (SSSR count). The summed E-state index contributed by atoms with van der Waals surface area (Å²) in [6.07, 6.45) is 0.583. The molecule has 3 nitrogen and oxygen atoms in total. The molecule has 0 radical (unpaired) electrons. The van der Waals surface area contributed by atoms with Gasteiger partial charge in [-0.25, -0.2) is 8.78 Å². The minimum Gasteiger partial charge on any atom is -0.345 e. The highest BCUT2D eigenvalue weighted by Crippen LogP contribution is 2.23. The van der Waals surface area contributed by atoms with E-state index in [0.717, 1.165) is 6.07 Å². The lowest BCUT2D eigenvalue weighted by molar-refractivity contribution is -0.107. The molecule has 1 N–H and O–H groups in total. The molecule has 0 atom stereocenters. The second kappa shape index (κ2) is 6.06. The molecule has 0 bridgehead atoms. The van der Waals surface area contributed by atoms with Crippen LogP contribution in [0.4, 0.5) is 8.78 Å². The summed E-state index contributed by atoms with van der Waals surface area (Å²) in [7, 11) is 0. The van der Waals surface area contributed by atoms with Crippen molar-refractivity contribution in [3.05, 3.63) is 59.7 Å². The minimum atomic E-state index is -0.664. The van der Waals surface area contributed by atoms with Gasteiger partial charge in [0, 0.05) is 17.2 Å². The second-order valence-electron chi connectivity index (χ2n) is 4.08. The largest absolute Gasteiger partial charge is 0.345 e. The molecule has 2 aromatic carbocycles. The van der Waals surface area contributed by atoms with E-state index < -0.39 is 11.6 Å². The van der Waals surface area contributed by atoms with E-state index in [-0.39, 0.29) is 18.0 Å². The van der Waals surface area contributed by atoms with Gasteiger partial charge < -0.3 is 10.1 Å². The van der Waals surface area contributed by atoms with Crippen molar-refractivity contribution in [1.82, 2.24) is 5.32 Å². The topological polar surface area (TPSA) is 46.2 Å². The van der Waals surface area contributed by atoms with Gasteiger partial charge in [-0.05, 0) is 29.8 Å². The van der Waals surface area contributed by atoms with Crippen LogP contribution in [0.2, 0.25) is 0 Å². The molecule has 0 saturated carbocycles. The van der Waals surface area contributed by atoms with Crippen LogP contribution in [-0.4, -0.2) is 18.7 Å². The smallest absolute Gasteiger partial charge is 0.251 e. The number of benzene rings is 2. The molecule has 0 aliphatic heterocycles. The molecular weight excluding hydrogens is 264 g/mol. The fourth-order valence-electron chi connectivity index (χ4n) is 1.76. The number of hydrogen-bond donors (Lipinski definition) is 1. The van der Waals surface area contributed by atoms with Gasteiger partial charge in [0.25, 0.3) is 5.91 Å². The summed E-state index contributed by atoms with van der Waals surface area (Å²) in [6.45, 7) is -0.0623. The summed E-state index contributed by atoms with van der Waals surface area (Å²) in [4.78, 5) is 21.7. The lowest BCUT2D eigenvalue weighted by Gasteiger charge is -2.05. The van der Waals surface area contributed by atoms with Gasteiger partial charge in [0.1, 0.15) is 17.9 Å². The van der Waals surface area contributed by atoms with Crippen LogP contribution in [0.3, 0.4) is 0 Å². The molecule has 1 amide bonds. The Hall–Kier alpha value is -2.56. The summed E-state index contributed by atoms with van der Waals surface area (Å²) in [5.74, 6) is -1.69. The first kappa shape index (κ1) is 13.9. The quantitative estimate of drug-likeness (QED) is 0.872. The van der Waals surface area contributed by atoms with Gasteiger partial charge in [-0.1, -0.05) is 12.1 Å². The van der Waals surface area contributed by atoms with Crippen LogP contribution >= 0.6 is 0 Å². The number of carbonyl (C=O) groups is 2. The van der Waals surface area contributed by atoms with Gasteiger partial charge in [-0.15, -0.1) is 0 Å². The SMILES string of the molecule is O=CCNC(=O)c1ccc(-c2ccc(F)cc2F)cc1. The number of carbonyl (C=O) groups excluding carboxylic acids is 2. The molecule has 0 fully saturated rings. The monoisotopic (exact) mass is 275 g/mol. The van der Waals surface area contributed by atoms with Crippen LogP contribution in [0.5, 0.6) is 0 Å². The maximum atomic E-state index is 13.6. The van der Waals surface area contributed by atoms with Crippen molar-refractivity contribution in [2.75, 3.05) is 6.54 Å². The molecule has 0 saturated heterocycles. The second-order valence-corrected chi connectivity index (χ2v) is 4.08. The van der Waals surface area contributed by atoms with Crippen LogP contribution in [0.15, 0.2) is 42.5 Å². The third-order valence-electron chi connectivity index (χ3n) is 2.74. The Morgan fingerprint density at radius 2 is 1.80 bits per heavy atom. The average Bonchev–Trinajstić information content (AvgIpc) is 2.45. The Morgan fingerprint density at radius 3 is 2.40 bits per heavy atom. The fraction of sp³-hybridized carbons (Fsp3) is 0.0667. The van der Waals surface area contributed by atoms with E-state index in [0.29, 0.717) is 17.4 Å². The highest BCUT2D eigenvalue weighted by molar-refractivity contribution is 5.95. The zero-order valence-corrected chi connectivity index (χ0v) is 10.4. The van der Waals surface area contributed by atoms with Crippen molar-refractivity contribution < 1.29 is 18.4 Å². The molecular formula is C15H11F2NO2. The summed E-state index contributed by atoms with van der Waals surface area (Å²) in [5, 5.41) is 2.40. The summed E-state index contributed by atoms with van der Waals surface area (Å²) < 4.78 is 26.4. The third kappa shape index (κ3) is 3.06. The molecule has 20 heavy (non-hydrogen) atoms. The summed E-state index contributed by atoms with van der Waals surface area (Å²) >= 11 is 0. The molecule has 0 spiro atoms. The zero-order chi connectivity index (χ0) is 14.5. The molecule has 5 heteroatoms. The minimum absolute atomic E-state index is 0.0623. The number of hydrogen-bond acceptors (Lipinski definition) is 2. The third-order valence-corrected chi connectivity index (χ3v) is 2.74. The molecule has 0 unspecified atom stereocenters. The van der Waals surface area contributed by atoms with Crippen LogP contribution in [0.1, 0.15) is 10.4 Å². The van der Waals surface area contributed by atoms with E-state index >= 15 is 0 Å². The van der Waals surface area contributed by atoms with Crippen LogP contribution in [-0.2, 0) is 4.79 Å². The number of amides is 1. The van der Waals surface area contributed by atoms with Gasteiger partial charge >= 0.3 is 0 Å². The molecule has 2 aromatic rings. The highest BCUT2D eigenvalue weighted by atomic mass is 19.1. The molecule has 102 valence electrons. The maximum Gasteiger partial charge on any atom is 0.251 e. The van der Waals surface area contributed by atoms with Crippen molar-refractivity contribution >= 4 is 12.2 Å². The number of halogens is 2. The summed E-state index contributed by atoms with van der Waals surface area (Å²) in [6, 6.07) is 9.46. The maximum absolute atomic E-state index is 13.6. The standard InChI is InChI=1S/C15H11F2NO2/c16-12-5-6-13(14(17)9-12)10-1-3-11(4-2-10)15(20)18-7-8-19/h1-6,8-9H,7H2,(H,18,20). The van der Waals surface area contributed by atoms with Gasteiger partial charge in [0.2, 0.25) is 0 Å². The van der Waals surface area contributed by atoms with E-state index in [1.807, 2.05) is 0 Å². The Bertz CT molecular complexity index is 639.